The summed E-state index contributed by atoms with van der Waals surface area (Å²) < 4.78 is 13.6. The van der Waals surface area contributed by atoms with Gasteiger partial charge in [-0.1, -0.05) is 17.7 Å². The minimum atomic E-state index is -0.419. The number of halogens is 2. The van der Waals surface area contributed by atoms with E-state index in [0.29, 0.717) is 11.3 Å². The highest BCUT2D eigenvalue weighted by molar-refractivity contribution is 6.31. The van der Waals surface area contributed by atoms with Gasteiger partial charge in [0, 0.05) is 11.8 Å². The van der Waals surface area contributed by atoms with Crippen molar-refractivity contribution in [3.05, 3.63) is 52.9 Å². The highest BCUT2D eigenvalue weighted by atomic mass is 35.5. The fourth-order valence-corrected chi connectivity index (χ4v) is 1.56. The van der Waals surface area contributed by atoms with Crippen molar-refractivity contribution in [3.8, 4) is 11.3 Å². The summed E-state index contributed by atoms with van der Waals surface area (Å²) in [5.41, 5.74) is 2.08. The van der Waals surface area contributed by atoms with Crippen molar-refractivity contribution in [2.75, 3.05) is 0 Å². The van der Waals surface area contributed by atoms with Crippen LogP contribution in [-0.4, -0.2) is 4.98 Å². The van der Waals surface area contributed by atoms with Gasteiger partial charge in [-0.2, -0.15) is 0 Å². The molecule has 0 bridgehead atoms. The van der Waals surface area contributed by atoms with Crippen molar-refractivity contribution in [2.45, 2.75) is 6.92 Å². The highest BCUT2D eigenvalue weighted by Crippen LogP contribution is 2.26. The summed E-state index contributed by atoms with van der Waals surface area (Å²) in [4.78, 5) is 4.11. The Bertz CT molecular complexity index is 497. The first-order valence-electron chi connectivity index (χ1n) is 4.55. The lowest BCUT2D eigenvalue weighted by molar-refractivity contribution is 0.631. The van der Waals surface area contributed by atoms with Crippen LogP contribution in [-0.2, 0) is 0 Å². The van der Waals surface area contributed by atoms with E-state index in [0.717, 1.165) is 5.56 Å². The van der Waals surface area contributed by atoms with Crippen LogP contribution in [0.5, 0.6) is 0 Å². The zero-order chi connectivity index (χ0) is 10.8. The number of benzene rings is 1. The third-order valence-electron chi connectivity index (χ3n) is 2.14. The summed E-state index contributed by atoms with van der Waals surface area (Å²) in [5.74, 6) is -0.419. The summed E-state index contributed by atoms with van der Waals surface area (Å²) in [7, 11) is 0. The Morgan fingerprint density at radius 1 is 1.27 bits per heavy atom. The molecule has 1 nitrogen and oxygen atoms in total. The molecule has 0 amide bonds. The summed E-state index contributed by atoms with van der Waals surface area (Å²) in [5, 5.41) is 0.121. The molecular formula is C12H9ClFN. The van der Waals surface area contributed by atoms with Gasteiger partial charge < -0.3 is 0 Å². The van der Waals surface area contributed by atoms with E-state index in [4.69, 9.17) is 11.6 Å². The first kappa shape index (κ1) is 10.1. The summed E-state index contributed by atoms with van der Waals surface area (Å²) in [6, 6.07) is 8.60. The molecule has 0 spiro atoms. The van der Waals surface area contributed by atoms with E-state index in [1.165, 1.54) is 6.07 Å². The molecule has 0 aliphatic carbocycles. The van der Waals surface area contributed by atoms with E-state index < -0.39 is 5.82 Å². The van der Waals surface area contributed by atoms with E-state index in [-0.39, 0.29) is 5.02 Å². The molecule has 2 aromatic rings. The molecule has 0 fully saturated rings. The fraction of sp³-hybridized carbons (Fsp3) is 0.0833. The molecule has 15 heavy (non-hydrogen) atoms. The normalized spacial score (nSPS) is 10.3. The molecule has 2 rings (SSSR count). The maximum atomic E-state index is 13.6. The Kier molecular flexibility index (Phi) is 2.69. The van der Waals surface area contributed by atoms with Crippen LogP contribution in [0.15, 0.2) is 36.5 Å². The highest BCUT2D eigenvalue weighted by Gasteiger charge is 2.08. The van der Waals surface area contributed by atoms with Gasteiger partial charge in [-0.05, 0) is 36.8 Å². The van der Waals surface area contributed by atoms with Crippen molar-refractivity contribution in [1.82, 2.24) is 4.98 Å². The van der Waals surface area contributed by atoms with Gasteiger partial charge in [0.1, 0.15) is 0 Å². The van der Waals surface area contributed by atoms with Crippen LogP contribution in [0.1, 0.15) is 5.56 Å². The van der Waals surface area contributed by atoms with Crippen LogP contribution >= 0.6 is 11.6 Å². The van der Waals surface area contributed by atoms with Gasteiger partial charge in [0.2, 0.25) is 0 Å². The predicted octanol–water partition coefficient (Wildman–Crippen LogP) is 3.85. The molecule has 76 valence electrons. The van der Waals surface area contributed by atoms with Crippen LogP contribution in [0, 0.1) is 12.7 Å². The second-order valence-corrected chi connectivity index (χ2v) is 3.73. The molecule has 0 saturated carbocycles. The zero-order valence-corrected chi connectivity index (χ0v) is 8.92. The lowest BCUT2D eigenvalue weighted by Gasteiger charge is -2.04. The van der Waals surface area contributed by atoms with Gasteiger partial charge in [-0.3, -0.25) is 4.98 Å². The van der Waals surface area contributed by atoms with Crippen molar-refractivity contribution < 1.29 is 4.39 Å². The molecule has 0 aliphatic rings. The molecule has 0 radical (unpaired) electrons. The Morgan fingerprint density at radius 2 is 2.07 bits per heavy atom. The molecule has 0 unspecified atom stereocenters. The predicted molar refractivity (Wildman–Crippen MR) is 59.4 cm³/mol. The molecular weight excluding hydrogens is 213 g/mol. The quantitative estimate of drug-likeness (QED) is 0.713. The minimum Gasteiger partial charge on any atom is -0.256 e. The Labute approximate surface area is 92.5 Å². The first-order valence-corrected chi connectivity index (χ1v) is 4.93. The number of pyridine rings is 1. The van der Waals surface area contributed by atoms with Gasteiger partial charge in [0.05, 0.1) is 10.7 Å². The standard InChI is InChI=1S/C12H9ClFN/c1-8-5-6-15-11(7-8)9-3-2-4-10(13)12(9)14/h2-7H,1H3. The summed E-state index contributed by atoms with van der Waals surface area (Å²) >= 11 is 5.70. The van der Waals surface area contributed by atoms with Crippen LogP contribution in [0.3, 0.4) is 0 Å². The van der Waals surface area contributed by atoms with Gasteiger partial charge >= 0.3 is 0 Å². The van der Waals surface area contributed by atoms with E-state index >= 15 is 0 Å². The fourth-order valence-electron chi connectivity index (χ4n) is 1.39. The average Bonchev–Trinajstić information content (AvgIpc) is 2.22. The lowest BCUT2D eigenvalue weighted by Crippen LogP contribution is -1.89. The second kappa shape index (κ2) is 3.99. The summed E-state index contributed by atoms with van der Waals surface area (Å²) in [6.07, 6.45) is 1.66. The number of nitrogens with zero attached hydrogens (tertiary/aromatic N) is 1. The maximum Gasteiger partial charge on any atom is 0.151 e. The van der Waals surface area contributed by atoms with Crippen molar-refractivity contribution >= 4 is 11.6 Å². The number of hydrogen-bond donors (Lipinski definition) is 0. The topological polar surface area (TPSA) is 12.9 Å². The van der Waals surface area contributed by atoms with Crippen LogP contribution in [0.4, 0.5) is 4.39 Å². The minimum absolute atomic E-state index is 0.121. The largest absolute Gasteiger partial charge is 0.256 e. The maximum absolute atomic E-state index is 13.6. The van der Waals surface area contributed by atoms with Gasteiger partial charge in [0.15, 0.2) is 5.82 Å². The lowest BCUT2D eigenvalue weighted by atomic mass is 10.1. The zero-order valence-electron chi connectivity index (χ0n) is 8.17. The summed E-state index contributed by atoms with van der Waals surface area (Å²) in [6.45, 7) is 1.94. The monoisotopic (exact) mass is 221 g/mol. The molecule has 0 aliphatic heterocycles. The van der Waals surface area contributed by atoms with E-state index in [2.05, 4.69) is 4.98 Å². The van der Waals surface area contributed by atoms with Crippen molar-refractivity contribution in [3.63, 3.8) is 0 Å². The molecule has 1 aromatic carbocycles. The Hall–Kier alpha value is -1.41. The third-order valence-corrected chi connectivity index (χ3v) is 2.43. The van der Waals surface area contributed by atoms with Gasteiger partial charge in [-0.15, -0.1) is 0 Å². The Balaban J connectivity index is 2.59. The molecule has 0 N–H and O–H groups in total. The number of rotatable bonds is 1. The van der Waals surface area contributed by atoms with Gasteiger partial charge in [-0.25, -0.2) is 4.39 Å². The van der Waals surface area contributed by atoms with Gasteiger partial charge in [0.25, 0.3) is 0 Å². The second-order valence-electron chi connectivity index (χ2n) is 3.32. The molecule has 1 heterocycles. The van der Waals surface area contributed by atoms with E-state index in [1.807, 2.05) is 19.1 Å². The smallest absolute Gasteiger partial charge is 0.151 e. The van der Waals surface area contributed by atoms with Crippen LogP contribution in [0.2, 0.25) is 5.02 Å². The number of hydrogen-bond acceptors (Lipinski definition) is 1. The molecule has 3 heteroatoms. The van der Waals surface area contributed by atoms with Crippen LogP contribution < -0.4 is 0 Å². The van der Waals surface area contributed by atoms with E-state index in [1.54, 1.807) is 18.3 Å². The van der Waals surface area contributed by atoms with Crippen molar-refractivity contribution in [2.24, 2.45) is 0 Å². The Morgan fingerprint density at radius 3 is 2.80 bits per heavy atom. The molecule has 0 atom stereocenters. The van der Waals surface area contributed by atoms with Crippen molar-refractivity contribution in [1.29, 1.82) is 0 Å². The first-order chi connectivity index (χ1) is 7.18. The SMILES string of the molecule is Cc1ccnc(-c2cccc(Cl)c2F)c1. The van der Waals surface area contributed by atoms with Crippen LogP contribution in [0.25, 0.3) is 11.3 Å². The number of aryl methyl sites for hydroxylation is 1. The molecule has 0 saturated heterocycles. The van der Waals surface area contributed by atoms with E-state index in [9.17, 15) is 4.39 Å². The average molecular weight is 222 g/mol. The third kappa shape index (κ3) is 2.00. The number of aromatic nitrogens is 1. The molecule has 1 aromatic heterocycles.